The number of rotatable bonds is 2. The van der Waals surface area contributed by atoms with E-state index >= 15 is 0 Å². The van der Waals surface area contributed by atoms with Gasteiger partial charge in [0.25, 0.3) is 0 Å². The highest BCUT2D eigenvalue weighted by Gasteiger charge is 2.23. The highest BCUT2D eigenvalue weighted by molar-refractivity contribution is 6.03. The standard InChI is InChI=1S/C21H20FN5O/c1-14-4-2-5-15(10-14)18-6-7-19-20(26-18)27(9-3-8-24-19)21(28)25-17-11-16(22)12-23-13-17/h2,4-7,10-13,24H,3,8-9H2,1H3,(H,25,28). The third-order valence-corrected chi connectivity index (χ3v) is 4.52. The van der Waals surface area contributed by atoms with Crippen molar-refractivity contribution in [1.82, 2.24) is 9.97 Å². The number of nitrogens with zero attached hydrogens (tertiary/aromatic N) is 3. The van der Waals surface area contributed by atoms with Gasteiger partial charge in [0, 0.05) is 24.7 Å². The van der Waals surface area contributed by atoms with Crippen LogP contribution >= 0.6 is 0 Å². The molecule has 0 radical (unpaired) electrons. The third-order valence-electron chi connectivity index (χ3n) is 4.52. The molecule has 1 aromatic carbocycles. The molecule has 142 valence electrons. The molecule has 28 heavy (non-hydrogen) atoms. The van der Waals surface area contributed by atoms with Gasteiger partial charge in [-0.25, -0.2) is 14.2 Å². The normalized spacial score (nSPS) is 13.3. The van der Waals surface area contributed by atoms with Crippen molar-refractivity contribution in [3.63, 3.8) is 0 Å². The second kappa shape index (κ2) is 7.64. The molecule has 2 N–H and O–H groups in total. The van der Waals surface area contributed by atoms with E-state index in [-0.39, 0.29) is 6.03 Å². The molecule has 1 aliphatic rings. The summed E-state index contributed by atoms with van der Waals surface area (Å²) in [5.74, 6) is 0.0500. The Morgan fingerprint density at radius 1 is 1.21 bits per heavy atom. The minimum absolute atomic E-state index is 0.304. The van der Waals surface area contributed by atoms with Gasteiger partial charge in [-0.1, -0.05) is 23.8 Å². The topological polar surface area (TPSA) is 70.2 Å². The zero-order valence-electron chi connectivity index (χ0n) is 15.4. The monoisotopic (exact) mass is 377 g/mol. The first-order valence-electron chi connectivity index (χ1n) is 9.11. The van der Waals surface area contributed by atoms with Crippen LogP contribution < -0.4 is 15.5 Å². The van der Waals surface area contributed by atoms with E-state index in [9.17, 15) is 9.18 Å². The average Bonchev–Trinajstić information content (AvgIpc) is 2.90. The Kier molecular flexibility index (Phi) is 4.89. The van der Waals surface area contributed by atoms with Crippen molar-refractivity contribution in [2.24, 2.45) is 0 Å². The molecule has 7 heteroatoms. The van der Waals surface area contributed by atoms with E-state index in [1.165, 1.54) is 12.3 Å². The van der Waals surface area contributed by atoms with Crippen LogP contribution in [0.1, 0.15) is 12.0 Å². The summed E-state index contributed by atoms with van der Waals surface area (Å²) in [6.07, 6.45) is 3.27. The number of amides is 2. The number of carbonyl (C=O) groups is 1. The Bertz CT molecular complexity index is 1020. The largest absolute Gasteiger partial charge is 0.382 e. The highest BCUT2D eigenvalue weighted by atomic mass is 19.1. The fourth-order valence-electron chi connectivity index (χ4n) is 3.19. The maximum atomic E-state index is 13.4. The lowest BCUT2D eigenvalue weighted by molar-refractivity contribution is 0.257. The van der Waals surface area contributed by atoms with E-state index in [0.29, 0.717) is 18.1 Å². The Morgan fingerprint density at radius 3 is 2.93 bits per heavy atom. The molecule has 2 aromatic heterocycles. The molecule has 6 nitrogen and oxygen atoms in total. The number of nitrogens with one attached hydrogen (secondary N) is 2. The maximum absolute atomic E-state index is 13.4. The van der Waals surface area contributed by atoms with Crippen LogP contribution in [-0.2, 0) is 0 Å². The molecule has 4 rings (SSSR count). The van der Waals surface area contributed by atoms with E-state index < -0.39 is 5.82 Å². The molecule has 0 atom stereocenters. The zero-order chi connectivity index (χ0) is 19.5. The number of hydrogen-bond donors (Lipinski definition) is 2. The Hall–Kier alpha value is -3.48. The summed E-state index contributed by atoms with van der Waals surface area (Å²) in [5, 5.41) is 6.02. The van der Waals surface area contributed by atoms with Gasteiger partial charge >= 0.3 is 6.03 Å². The van der Waals surface area contributed by atoms with Gasteiger partial charge in [0.1, 0.15) is 5.82 Å². The average molecular weight is 377 g/mol. The highest BCUT2D eigenvalue weighted by Crippen LogP contribution is 2.30. The number of aryl methyl sites for hydroxylation is 1. The van der Waals surface area contributed by atoms with Gasteiger partial charge in [0.2, 0.25) is 0 Å². The Balaban J connectivity index is 1.68. The number of urea groups is 1. The van der Waals surface area contributed by atoms with Crippen molar-refractivity contribution >= 4 is 23.2 Å². The van der Waals surface area contributed by atoms with Gasteiger partial charge in [-0.05, 0) is 31.5 Å². The van der Waals surface area contributed by atoms with Gasteiger partial charge in [-0.2, -0.15) is 0 Å². The van der Waals surface area contributed by atoms with Crippen LogP contribution in [0.25, 0.3) is 11.3 Å². The second-order valence-corrected chi connectivity index (χ2v) is 6.69. The molecule has 0 saturated carbocycles. The van der Waals surface area contributed by atoms with E-state index in [0.717, 1.165) is 41.7 Å². The van der Waals surface area contributed by atoms with E-state index in [1.54, 1.807) is 4.90 Å². The van der Waals surface area contributed by atoms with Gasteiger partial charge in [0.05, 0.1) is 29.5 Å². The molecule has 0 spiro atoms. The molecular formula is C21H20FN5O. The number of fused-ring (bicyclic) bond motifs is 1. The van der Waals surface area contributed by atoms with Crippen molar-refractivity contribution in [3.05, 3.63) is 66.2 Å². The molecule has 2 amide bonds. The van der Waals surface area contributed by atoms with Crippen molar-refractivity contribution in [2.45, 2.75) is 13.3 Å². The molecule has 0 aliphatic carbocycles. The van der Waals surface area contributed by atoms with Gasteiger partial charge in [0.15, 0.2) is 5.82 Å². The number of pyridine rings is 2. The summed E-state index contributed by atoms with van der Waals surface area (Å²) in [5.41, 5.74) is 4.01. The summed E-state index contributed by atoms with van der Waals surface area (Å²) in [6.45, 7) is 3.27. The number of halogens is 1. The number of anilines is 3. The molecule has 0 unspecified atom stereocenters. The van der Waals surface area contributed by atoms with Crippen molar-refractivity contribution in [2.75, 3.05) is 28.6 Å². The number of hydrogen-bond acceptors (Lipinski definition) is 4. The fourth-order valence-corrected chi connectivity index (χ4v) is 3.19. The summed E-state index contributed by atoms with van der Waals surface area (Å²) >= 11 is 0. The molecule has 0 saturated heterocycles. The first kappa shape index (κ1) is 17.9. The smallest absolute Gasteiger partial charge is 0.327 e. The predicted molar refractivity (Wildman–Crippen MR) is 108 cm³/mol. The molecular weight excluding hydrogens is 357 g/mol. The summed E-state index contributed by atoms with van der Waals surface area (Å²) in [4.78, 5) is 23.0. The van der Waals surface area contributed by atoms with Gasteiger partial charge < -0.3 is 10.6 Å². The second-order valence-electron chi connectivity index (χ2n) is 6.69. The summed E-state index contributed by atoms with van der Waals surface area (Å²) < 4.78 is 13.4. The van der Waals surface area contributed by atoms with Crippen molar-refractivity contribution < 1.29 is 9.18 Å². The molecule has 3 aromatic rings. The number of carbonyl (C=O) groups excluding carboxylic acids is 1. The zero-order valence-corrected chi connectivity index (χ0v) is 15.4. The van der Waals surface area contributed by atoms with Crippen molar-refractivity contribution in [1.29, 1.82) is 0 Å². The van der Waals surface area contributed by atoms with E-state index in [4.69, 9.17) is 4.98 Å². The number of benzene rings is 1. The third kappa shape index (κ3) is 3.78. The molecule has 3 heterocycles. The lowest BCUT2D eigenvalue weighted by atomic mass is 10.1. The minimum Gasteiger partial charge on any atom is -0.382 e. The lowest BCUT2D eigenvalue weighted by Crippen LogP contribution is -2.36. The Morgan fingerprint density at radius 2 is 2.11 bits per heavy atom. The fraction of sp³-hybridized carbons (Fsp3) is 0.190. The maximum Gasteiger partial charge on any atom is 0.327 e. The Labute approximate surface area is 162 Å². The van der Waals surface area contributed by atoms with Crippen LogP contribution in [0, 0.1) is 12.7 Å². The summed E-state index contributed by atoms with van der Waals surface area (Å²) in [6, 6.07) is 12.8. The lowest BCUT2D eigenvalue weighted by Gasteiger charge is -2.22. The summed E-state index contributed by atoms with van der Waals surface area (Å²) in [7, 11) is 0. The first-order chi connectivity index (χ1) is 13.6. The van der Waals surface area contributed by atoms with Gasteiger partial charge in [-0.15, -0.1) is 0 Å². The van der Waals surface area contributed by atoms with E-state index in [2.05, 4.69) is 21.7 Å². The van der Waals surface area contributed by atoms with Crippen LogP contribution in [0.5, 0.6) is 0 Å². The van der Waals surface area contributed by atoms with Gasteiger partial charge in [-0.3, -0.25) is 9.88 Å². The van der Waals surface area contributed by atoms with Crippen LogP contribution in [0.2, 0.25) is 0 Å². The molecule has 0 fully saturated rings. The van der Waals surface area contributed by atoms with Crippen LogP contribution in [0.15, 0.2) is 54.9 Å². The predicted octanol–water partition coefficient (Wildman–Crippen LogP) is 4.45. The van der Waals surface area contributed by atoms with Crippen LogP contribution in [0.3, 0.4) is 0 Å². The molecule has 0 bridgehead atoms. The minimum atomic E-state index is -0.504. The molecule has 1 aliphatic heterocycles. The first-order valence-corrected chi connectivity index (χ1v) is 9.11. The number of aromatic nitrogens is 2. The van der Waals surface area contributed by atoms with E-state index in [1.807, 2.05) is 37.3 Å². The van der Waals surface area contributed by atoms with Crippen LogP contribution in [0.4, 0.5) is 26.4 Å². The SMILES string of the molecule is Cc1cccc(-c2ccc3c(n2)N(C(=O)Nc2cncc(F)c2)CCCN3)c1. The quantitative estimate of drug-likeness (QED) is 0.692. The van der Waals surface area contributed by atoms with Crippen molar-refractivity contribution in [3.8, 4) is 11.3 Å². The van der Waals surface area contributed by atoms with Crippen LogP contribution in [-0.4, -0.2) is 29.1 Å².